The molecule has 1 saturated heterocycles. The van der Waals surface area contributed by atoms with Gasteiger partial charge in [0.1, 0.15) is 11.5 Å². The number of carbonyl (C=O) groups is 2. The van der Waals surface area contributed by atoms with Gasteiger partial charge in [0, 0.05) is 19.2 Å². The number of Topliss-reactive ketones (excluding diaryl/α,β-unsaturated/α-hetero) is 1. The summed E-state index contributed by atoms with van der Waals surface area (Å²) in [5.41, 5.74) is 1.76. The van der Waals surface area contributed by atoms with Crippen LogP contribution in [0.25, 0.3) is 5.76 Å². The molecule has 1 aliphatic rings. The second-order valence-corrected chi connectivity index (χ2v) is 7.28. The van der Waals surface area contributed by atoms with Crippen LogP contribution in [-0.4, -0.2) is 63.3 Å². The molecule has 8 nitrogen and oxygen atoms in total. The number of benzene rings is 2. The second-order valence-electron chi connectivity index (χ2n) is 7.28. The number of aliphatic hydroxyl groups excluding tert-OH is 1. The summed E-state index contributed by atoms with van der Waals surface area (Å²) in [4.78, 5) is 27.4. The molecule has 0 saturated carbocycles. The average molecular weight is 441 g/mol. The molecule has 1 N–H and O–H groups in total. The van der Waals surface area contributed by atoms with Gasteiger partial charge in [-0.15, -0.1) is 0 Å². The van der Waals surface area contributed by atoms with Crippen LogP contribution in [0.2, 0.25) is 0 Å². The van der Waals surface area contributed by atoms with Crippen molar-refractivity contribution in [3.05, 3.63) is 58.7 Å². The normalized spacial score (nSPS) is 17.5. The number of ketones is 1. The van der Waals surface area contributed by atoms with Crippen molar-refractivity contribution in [2.24, 2.45) is 0 Å². The van der Waals surface area contributed by atoms with Crippen LogP contribution in [0.3, 0.4) is 0 Å². The van der Waals surface area contributed by atoms with E-state index in [1.807, 2.05) is 0 Å². The third-order valence-corrected chi connectivity index (χ3v) is 5.49. The smallest absolute Gasteiger partial charge is 0.295 e. The van der Waals surface area contributed by atoms with E-state index in [1.54, 1.807) is 50.4 Å². The SMILES string of the molecule is COCCN1C(=O)C(=O)/C(=C(/O)c2ccc(OC)cc2C)[C@@H]1c1ccc(OC)c(OC)c1. The highest BCUT2D eigenvalue weighted by Crippen LogP contribution is 2.42. The van der Waals surface area contributed by atoms with Crippen molar-refractivity contribution in [2.45, 2.75) is 13.0 Å². The molecule has 1 heterocycles. The molecule has 2 aromatic rings. The first-order valence-corrected chi connectivity index (χ1v) is 10.0. The summed E-state index contributed by atoms with van der Waals surface area (Å²) in [6, 6.07) is 9.43. The first-order chi connectivity index (χ1) is 15.4. The molecule has 0 aliphatic carbocycles. The number of carbonyl (C=O) groups excluding carboxylic acids is 2. The topological polar surface area (TPSA) is 94.5 Å². The standard InChI is InChI=1S/C24H27NO7/c1-14-12-16(30-3)7-8-17(14)22(26)20-21(25(10-11-29-2)24(28)23(20)27)15-6-9-18(31-4)19(13-15)32-5/h6-9,12-13,21,26H,10-11H2,1-5H3/b22-20+/t21-/m0/s1. The fourth-order valence-corrected chi connectivity index (χ4v) is 3.84. The highest BCUT2D eigenvalue weighted by molar-refractivity contribution is 6.46. The van der Waals surface area contributed by atoms with Gasteiger partial charge in [0.2, 0.25) is 0 Å². The Labute approximate surface area is 187 Å². The van der Waals surface area contributed by atoms with Crippen molar-refractivity contribution in [1.29, 1.82) is 0 Å². The summed E-state index contributed by atoms with van der Waals surface area (Å²) in [5.74, 6) is -0.124. The van der Waals surface area contributed by atoms with Gasteiger partial charge in [-0.3, -0.25) is 9.59 Å². The largest absolute Gasteiger partial charge is 0.507 e. The first-order valence-electron chi connectivity index (χ1n) is 10.0. The summed E-state index contributed by atoms with van der Waals surface area (Å²) >= 11 is 0. The molecule has 1 aliphatic heterocycles. The maximum atomic E-state index is 13.1. The Kier molecular flexibility index (Phi) is 7.05. The summed E-state index contributed by atoms with van der Waals surface area (Å²) in [6.45, 7) is 2.21. The van der Waals surface area contributed by atoms with Gasteiger partial charge in [-0.25, -0.2) is 0 Å². The number of hydrogen-bond donors (Lipinski definition) is 1. The molecule has 0 aromatic heterocycles. The third-order valence-electron chi connectivity index (χ3n) is 5.49. The first kappa shape index (κ1) is 23.1. The van der Waals surface area contributed by atoms with E-state index in [0.717, 1.165) is 0 Å². The predicted octanol–water partition coefficient (Wildman–Crippen LogP) is 3.09. The Morgan fingerprint density at radius 2 is 1.69 bits per heavy atom. The molecule has 170 valence electrons. The van der Waals surface area contributed by atoms with Gasteiger partial charge < -0.3 is 29.0 Å². The van der Waals surface area contributed by atoms with Crippen LogP contribution in [-0.2, 0) is 14.3 Å². The van der Waals surface area contributed by atoms with Crippen LogP contribution in [0.1, 0.15) is 22.7 Å². The molecule has 1 atom stereocenters. The zero-order valence-corrected chi connectivity index (χ0v) is 18.8. The van der Waals surface area contributed by atoms with E-state index in [2.05, 4.69) is 0 Å². The fourth-order valence-electron chi connectivity index (χ4n) is 3.84. The maximum Gasteiger partial charge on any atom is 0.295 e. The summed E-state index contributed by atoms with van der Waals surface area (Å²) in [7, 11) is 6.09. The number of aliphatic hydroxyl groups is 1. The van der Waals surface area contributed by atoms with Gasteiger partial charge >= 0.3 is 0 Å². The van der Waals surface area contributed by atoms with Crippen LogP contribution >= 0.6 is 0 Å². The molecule has 3 rings (SSSR count). The zero-order chi connectivity index (χ0) is 23.4. The summed E-state index contributed by atoms with van der Waals surface area (Å²) < 4.78 is 21.1. The van der Waals surface area contributed by atoms with Crippen LogP contribution in [0.5, 0.6) is 17.2 Å². The van der Waals surface area contributed by atoms with Crippen LogP contribution < -0.4 is 14.2 Å². The lowest BCUT2D eigenvalue weighted by Gasteiger charge is -2.25. The van der Waals surface area contributed by atoms with Crippen molar-refractivity contribution in [3.8, 4) is 17.2 Å². The highest BCUT2D eigenvalue weighted by Gasteiger charge is 2.46. The van der Waals surface area contributed by atoms with Crippen LogP contribution in [0.4, 0.5) is 0 Å². The van der Waals surface area contributed by atoms with Gasteiger partial charge in [0.25, 0.3) is 11.7 Å². The van der Waals surface area contributed by atoms with Crippen molar-refractivity contribution in [1.82, 2.24) is 4.90 Å². The minimum Gasteiger partial charge on any atom is -0.507 e. The average Bonchev–Trinajstić information content (AvgIpc) is 3.06. The molecule has 0 radical (unpaired) electrons. The van der Waals surface area contributed by atoms with Gasteiger partial charge in [0.15, 0.2) is 11.5 Å². The van der Waals surface area contributed by atoms with Crippen LogP contribution in [0, 0.1) is 6.92 Å². The molecule has 8 heteroatoms. The molecule has 1 fully saturated rings. The van der Waals surface area contributed by atoms with E-state index in [9.17, 15) is 14.7 Å². The molecule has 0 bridgehead atoms. The lowest BCUT2D eigenvalue weighted by Crippen LogP contribution is -2.32. The minimum absolute atomic E-state index is 0.00610. The Morgan fingerprint density at radius 3 is 2.28 bits per heavy atom. The number of rotatable bonds is 8. The number of ether oxygens (including phenoxy) is 4. The Hall–Kier alpha value is -3.52. The van der Waals surface area contributed by atoms with Crippen molar-refractivity contribution in [2.75, 3.05) is 41.6 Å². The maximum absolute atomic E-state index is 13.1. The summed E-state index contributed by atoms with van der Waals surface area (Å²) in [5, 5.41) is 11.2. The lowest BCUT2D eigenvalue weighted by molar-refractivity contribution is -0.140. The van der Waals surface area contributed by atoms with Crippen molar-refractivity contribution >= 4 is 17.4 Å². The molecule has 32 heavy (non-hydrogen) atoms. The van der Waals surface area contributed by atoms with Gasteiger partial charge in [-0.1, -0.05) is 6.07 Å². The molecular weight excluding hydrogens is 414 g/mol. The van der Waals surface area contributed by atoms with Gasteiger partial charge in [0.05, 0.1) is 39.6 Å². The van der Waals surface area contributed by atoms with E-state index < -0.39 is 17.7 Å². The van der Waals surface area contributed by atoms with Gasteiger partial charge in [-0.05, 0) is 48.4 Å². The Balaban J connectivity index is 2.21. The van der Waals surface area contributed by atoms with E-state index >= 15 is 0 Å². The molecule has 2 aromatic carbocycles. The molecule has 0 unspecified atom stereocenters. The number of methoxy groups -OCH3 is 4. The van der Waals surface area contributed by atoms with E-state index in [-0.39, 0.29) is 24.5 Å². The van der Waals surface area contributed by atoms with Crippen molar-refractivity contribution < 1.29 is 33.6 Å². The number of aryl methyl sites for hydroxylation is 1. The zero-order valence-electron chi connectivity index (χ0n) is 18.8. The second kappa shape index (κ2) is 9.74. The lowest BCUT2D eigenvalue weighted by atomic mass is 9.93. The minimum atomic E-state index is -0.813. The number of nitrogens with zero attached hydrogens (tertiary/aromatic N) is 1. The monoisotopic (exact) mass is 441 g/mol. The van der Waals surface area contributed by atoms with E-state index in [0.29, 0.717) is 33.9 Å². The Morgan fingerprint density at radius 1 is 0.969 bits per heavy atom. The Bertz CT molecular complexity index is 1060. The van der Waals surface area contributed by atoms with Crippen LogP contribution in [0.15, 0.2) is 42.0 Å². The quantitative estimate of drug-likeness (QED) is 0.382. The molecule has 1 amide bonds. The molecule has 0 spiro atoms. The summed E-state index contributed by atoms with van der Waals surface area (Å²) in [6.07, 6.45) is 0. The fraction of sp³-hybridized carbons (Fsp3) is 0.333. The van der Waals surface area contributed by atoms with E-state index in [4.69, 9.17) is 18.9 Å². The highest BCUT2D eigenvalue weighted by atomic mass is 16.5. The number of amides is 1. The number of likely N-dealkylation sites (tertiary alicyclic amines) is 1. The number of hydrogen-bond acceptors (Lipinski definition) is 7. The van der Waals surface area contributed by atoms with E-state index in [1.165, 1.54) is 26.2 Å². The van der Waals surface area contributed by atoms with Gasteiger partial charge in [-0.2, -0.15) is 0 Å². The van der Waals surface area contributed by atoms with Crippen molar-refractivity contribution in [3.63, 3.8) is 0 Å². The third kappa shape index (κ3) is 4.13. The predicted molar refractivity (Wildman–Crippen MR) is 118 cm³/mol. The molecular formula is C24H27NO7.